The van der Waals surface area contributed by atoms with Gasteiger partial charge in [0, 0.05) is 0 Å². The molecule has 3 aromatic rings. The highest BCUT2D eigenvalue weighted by Gasteiger charge is 2.17. The Morgan fingerprint density at radius 2 is 1.55 bits per heavy atom. The fourth-order valence-electron chi connectivity index (χ4n) is 3.20. The first-order valence-corrected chi connectivity index (χ1v) is 9.88. The molecule has 1 amide bonds. The van der Waals surface area contributed by atoms with E-state index in [1.807, 2.05) is 60.7 Å². The highest BCUT2D eigenvalue weighted by Crippen LogP contribution is 2.28. The van der Waals surface area contributed by atoms with Gasteiger partial charge in [0.25, 0.3) is 5.91 Å². The van der Waals surface area contributed by atoms with Crippen LogP contribution in [0, 0.1) is 0 Å². The van der Waals surface area contributed by atoms with E-state index < -0.39 is 5.97 Å². The number of carbonyl (C=O) groups excluding carboxylic acids is 2. The van der Waals surface area contributed by atoms with Crippen molar-refractivity contribution in [3.8, 4) is 11.5 Å². The van der Waals surface area contributed by atoms with Gasteiger partial charge in [-0.3, -0.25) is 4.79 Å². The third kappa shape index (κ3) is 6.09. The van der Waals surface area contributed by atoms with Gasteiger partial charge in [-0.1, -0.05) is 60.7 Å². The van der Waals surface area contributed by atoms with Crippen molar-refractivity contribution in [1.29, 1.82) is 0 Å². The normalized spacial score (nSPS) is 11.3. The highest BCUT2D eigenvalue weighted by atomic mass is 16.5. The van der Waals surface area contributed by atoms with E-state index in [1.165, 1.54) is 20.3 Å². The third-order valence-corrected chi connectivity index (χ3v) is 4.76. The third-order valence-electron chi connectivity index (χ3n) is 4.76. The minimum atomic E-state index is -0.478. The molecule has 160 valence electrons. The summed E-state index contributed by atoms with van der Waals surface area (Å²) in [6.45, 7) is -0.188. The quantitative estimate of drug-likeness (QED) is 0.532. The molecule has 1 atom stereocenters. The summed E-state index contributed by atoms with van der Waals surface area (Å²) >= 11 is 0. The summed E-state index contributed by atoms with van der Waals surface area (Å²) in [7, 11) is 2.77. The second-order valence-electron chi connectivity index (χ2n) is 6.87. The van der Waals surface area contributed by atoms with Crippen molar-refractivity contribution >= 4 is 11.9 Å². The Morgan fingerprint density at radius 3 is 2.19 bits per heavy atom. The van der Waals surface area contributed by atoms with Gasteiger partial charge in [-0.25, -0.2) is 4.79 Å². The van der Waals surface area contributed by atoms with Gasteiger partial charge >= 0.3 is 5.97 Å². The Labute approximate surface area is 181 Å². The molecule has 0 aliphatic carbocycles. The molecule has 3 rings (SSSR count). The Bertz CT molecular complexity index is 1000. The van der Waals surface area contributed by atoms with Crippen molar-refractivity contribution in [1.82, 2.24) is 5.32 Å². The number of esters is 1. The van der Waals surface area contributed by atoms with Crippen LogP contribution in [-0.4, -0.2) is 32.7 Å². The molecule has 0 radical (unpaired) electrons. The Hall–Kier alpha value is -3.80. The molecular weight excluding hydrogens is 394 g/mol. The smallest absolute Gasteiger partial charge is 0.337 e. The van der Waals surface area contributed by atoms with Crippen molar-refractivity contribution in [2.75, 3.05) is 20.8 Å². The topological polar surface area (TPSA) is 73.9 Å². The lowest BCUT2D eigenvalue weighted by molar-refractivity contribution is -0.123. The number of rotatable bonds is 9. The molecule has 0 fully saturated rings. The van der Waals surface area contributed by atoms with Crippen LogP contribution in [0.2, 0.25) is 0 Å². The molecule has 0 aliphatic heterocycles. The van der Waals surface area contributed by atoms with Crippen LogP contribution < -0.4 is 14.8 Å². The molecule has 0 heterocycles. The van der Waals surface area contributed by atoms with Gasteiger partial charge in [0.2, 0.25) is 0 Å². The number of ether oxygens (including phenoxy) is 3. The average molecular weight is 419 g/mol. The molecule has 0 saturated heterocycles. The maximum absolute atomic E-state index is 12.7. The minimum absolute atomic E-state index is 0.188. The summed E-state index contributed by atoms with van der Waals surface area (Å²) in [6.07, 6.45) is 0.660. The van der Waals surface area contributed by atoms with Gasteiger partial charge in [0.1, 0.15) is 0 Å². The maximum Gasteiger partial charge on any atom is 0.337 e. The Balaban J connectivity index is 1.68. The SMILES string of the molecule is COC(=O)c1ccc(OCC(=O)N[C@@H](Cc2ccccc2)c2ccccc2)c(OC)c1. The molecule has 0 saturated carbocycles. The highest BCUT2D eigenvalue weighted by molar-refractivity contribution is 5.90. The van der Waals surface area contributed by atoms with E-state index in [-0.39, 0.29) is 18.6 Å². The van der Waals surface area contributed by atoms with E-state index in [2.05, 4.69) is 5.32 Å². The lowest BCUT2D eigenvalue weighted by Crippen LogP contribution is -2.33. The number of carbonyl (C=O) groups is 2. The van der Waals surface area contributed by atoms with E-state index >= 15 is 0 Å². The molecule has 0 aliphatic rings. The second kappa shape index (κ2) is 10.8. The summed E-state index contributed by atoms with van der Waals surface area (Å²) in [4.78, 5) is 24.3. The Morgan fingerprint density at radius 1 is 0.871 bits per heavy atom. The number of nitrogens with one attached hydrogen (secondary N) is 1. The molecular formula is C25H25NO5. The second-order valence-corrected chi connectivity index (χ2v) is 6.87. The van der Waals surface area contributed by atoms with E-state index in [0.717, 1.165) is 11.1 Å². The van der Waals surface area contributed by atoms with Gasteiger partial charge in [0.05, 0.1) is 25.8 Å². The van der Waals surface area contributed by atoms with Crippen LogP contribution in [-0.2, 0) is 16.0 Å². The zero-order valence-electron chi connectivity index (χ0n) is 17.5. The summed E-state index contributed by atoms with van der Waals surface area (Å²) < 4.78 is 15.6. The van der Waals surface area contributed by atoms with Crippen molar-refractivity contribution in [2.24, 2.45) is 0 Å². The molecule has 3 aromatic carbocycles. The molecule has 1 N–H and O–H groups in total. The van der Waals surface area contributed by atoms with E-state index in [0.29, 0.717) is 23.5 Å². The standard InChI is InChI=1S/C25H25NO5/c1-29-23-16-20(25(28)30-2)13-14-22(23)31-17-24(27)26-21(19-11-7-4-8-12-19)15-18-9-5-3-6-10-18/h3-14,16,21H,15,17H2,1-2H3,(H,26,27)/t21-/m0/s1. The number of amides is 1. The average Bonchev–Trinajstić information content (AvgIpc) is 2.83. The largest absolute Gasteiger partial charge is 0.493 e. The molecule has 0 aromatic heterocycles. The fraction of sp³-hybridized carbons (Fsp3) is 0.200. The monoisotopic (exact) mass is 419 g/mol. The molecule has 0 unspecified atom stereocenters. The molecule has 0 bridgehead atoms. The number of hydrogen-bond acceptors (Lipinski definition) is 5. The summed E-state index contributed by atoms with van der Waals surface area (Å²) in [6, 6.07) is 24.3. The van der Waals surface area contributed by atoms with Crippen molar-refractivity contribution in [3.05, 3.63) is 95.6 Å². The first-order valence-electron chi connectivity index (χ1n) is 9.88. The van der Waals surface area contributed by atoms with Gasteiger partial charge in [-0.15, -0.1) is 0 Å². The lowest BCUT2D eigenvalue weighted by Gasteiger charge is -2.20. The summed E-state index contributed by atoms with van der Waals surface area (Å²) in [5.41, 5.74) is 2.47. The number of benzene rings is 3. The van der Waals surface area contributed by atoms with Gasteiger partial charge in [-0.2, -0.15) is 0 Å². The van der Waals surface area contributed by atoms with Crippen molar-refractivity contribution < 1.29 is 23.8 Å². The molecule has 6 nitrogen and oxygen atoms in total. The predicted octanol–water partition coefficient (Wildman–Crippen LogP) is 3.96. The van der Waals surface area contributed by atoms with Crippen LogP contribution >= 0.6 is 0 Å². The maximum atomic E-state index is 12.7. The van der Waals surface area contributed by atoms with Crippen LogP contribution in [0.15, 0.2) is 78.9 Å². The number of methoxy groups -OCH3 is 2. The van der Waals surface area contributed by atoms with Gasteiger partial charge in [0.15, 0.2) is 18.1 Å². The Kier molecular flexibility index (Phi) is 7.65. The van der Waals surface area contributed by atoms with E-state index in [9.17, 15) is 9.59 Å². The van der Waals surface area contributed by atoms with Crippen molar-refractivity contribution in [3.63, 3.8) is 0 Å². The first-order chi connectivity index (χ1) is 15.1. The van der Waals surface area contributed by atoms with Gasteiger partial charge in [-0.05, 0) is 35.7 Å². The number of hydrogen-bond donors (Lipinski definition) is 1. The zero-order chi connectivity index (χ0) is 22.1. The molecule has 0 spiro atoms. The predicted molar refractivity (Wildman–Crippen MR) is 117 cm³/mol. The van der Waals surface area contributed by atoms with Crippen LogP contribution in [0.1, 0.15) is 27.5 Å². The lowest BCUT2D eigenvalue weighted by atomic mass is 9.99. The molecule has 31 heavy (non-hydrogen) atoms. The van der Waals surface area contributed by atoms with E-state index in [4.69, 9.17) is 14.2 Å². The fourth-order valence-corrected chi connectivity index (χ4v) is 3.20. The molecule has 6 heteroatoms. The summed E-state index contributed by atoms with van der Waals surface area (Å²) in [5.74, 6) is -0.0256. The van der Waals surface area contributed by atoms with Crippen LogP contribution in [0.5, 0.6) is 11.5 Å². The first kappa shape index (κ1) is 21.9. The zero-order valence-corrected chi connectivity index (χ0v) is 17.5. The van der Waals surface area contributed by atoms with Crippen LogP contribution in [0.4, 0.5) is 0 Å². The van der Waals surface area contributed by atoms with Gasteiger partial charge < -0.3 is 19.5 Å². The van der Waals surface area contributed by atoms with Crippen LogP contribution in [0.25, 0.3) is 0 Å². The summed E-state index contributed by atoms with van der Waals surface area (Å²) in [5, 5.41) is 3.05. The van der Waals surface area contributed by atoms with Crippen LogP contribution in [0.3, 0.4) is 0 Å². The van der Waals surface area contributed by atoms with Crippen molar-refractivity contribution in [2.45, 2.75) is 12.5 Å². The van der Waals surface area contributed by atoms with E-state index in [1.54, 1.807) is 12.1 Å². The minimum Gasteiger partial charge on any atom is -0.493 e.